The van der Waals surface area contributed by atoms with E-state index in [1.165, 1.54) is 10.4 Å². The summed E-state index contributed by atoms with van der Waals surface area (Å²) in [5, 5.41) is 8.82. The molecule has 0 amide bonds. The van der Waals surface area contributed by atoms with Crippen molar-refractivity contribution in [2.75, 3.05) is 6.54 Å². The summed E-state index contributed by atoms with van der Waals surface area (Å²) in [6, 6.07) is 6.16. The van der Waals surface area contributed by atoms with E-state index in [2.05, 4.69) is 20.9 Å². The van der Waals surface area contributed by atoms with Crippen LogP contribution in [0.3, 0.4) is 0 Å². The van der Waals surface area contributed by atoms with E-state index in [1.54, 1.807) is 23.7 Å². The SMILES string of the molecule is O=C(O)C(F)(F)F.O=c1[nH]ccc2c1CN(Cc1cc3ccnc(Cl)c3s1)CC2. The molecule has 0 unspecified atom stereocenters. The van der Waals surface area contributed by atoms with Crippen LogP contribution in [0.15, 0.2) is 35.4 Å². The maximum absolute atomic E-state index is 11.9. The van der Waals surface area contributed by atoms with E-state index in [-0.39, 0.29) is 5.56 Å². The number of alkyl halides is 3. The normalized spacial score (nSPS) is 14.2. The third-order valence-electron chi connectivity index (χ3n) is 4.30. The predicted octanol–water partition coefficient (Wildman–Crippen LogP) is 3.83. The molecule has 0 spiro atoms. The molecular weight excluding hydrogens is 431 g/mol. The van der Waals surface area contributed by atoms with Gasteiger partial charge in [-0.05, 0) is 35.6 Å². The van der Waals surface area contributed by atoms with Crippen LogP contribution in [-0.2, 0) is 24.3 Å². The van der Waals surface area contributed by atoms with Gasteiger partial charge in [-0.3, -0.25) is 9.69 Å². The smallest absolute Gasteiger partial charge is 0.475 e. The van der Waals surface area contributed by atoms with Crippen molar-refractivity contribution in [3.63, 3.8) is 0 Å². The van der Waals surface area contributed by atoms with Gasteiger partial charge in [0.15, 0.2) is 0 Å². The Morgan fingerprint density at radius 3 is 2.76 bits per heavy atom. The largest absolute Gasteiger partial charge is 0.490 e. The number of carboxylic acids is 1. The van der Waals surface area contributed by atoms with Crippen LogP contribution in [0.5, 0.6) is 0 Å². The van der Waals surface area contributed by atoms with Gasteiger partial charge in [0.05, 0.1) is 4.70 Å². The molecule has 0 fully saturated rings. The van der Waals surface area contributed by atoms with E-state index in [9.17, 15) is 18.0 Å². The molecule has 4 rings (SSSR count). The maximum atomic E-state index is 11.9. The second-order valence-electron chi connectivity index (χ2n) is 6.31. The minimum atomic E-state index is -5.08. The number of hydrogen-bond acceptors (Lipinski definition) is 5. The number of fused-ring (bicyclic) bond motifs is 2. The Morgan fingerprint density at radius 1 is 1.38 bits per heavy atom. The molecule has 0 aliphatic carbocycles. The van der Waals surface area contributed by atoms with Crippen LogP contribution in [-0.4, -0.2) is 38.7 Å². The summed E-state index contributed by atoms with van der Waals surface area (Å²) in [4.78, 5) is 31.3. The molecule has 2 N–H and O–H groups in total. The zero-order valence-electron chi connectivity index (χ0n) is 14.8. The van der Waals surface area contributed by atoms with Crippen LogP contribution in [0.4, 0.5) is 13.2 Å². The first-order valence-electron chi connectivity index (χ1n) is 8.40. The summed E-state index contributed by atoms with van der Waals surface area (Å²) in [5.74, 6) is -2.76. The highest BCUT2D eigenvalue weighted by Crippen LogP contribution is 2.31. The molecule has 3 aromatic heterocycles. The minimum absolute atomic E-state index is 0.0331. The number of H-pyrrole nitrogens is 1. The summed E-state index contributed by atoms with van der Waals surface area (Å²) in [6.45, 7) is 2.51. The Labute approximate surface area is 171 Å². The lowest BCUT2D eigenvalue weighted by molar-refractivity contribution is -0.192. The van der Waals surface area contributed by atoms with E-state index in [0.29, 0.717) is 11.7 Å². The second-order valence-corrected chi connectivity index (χ2v) is 7.80. The molecule has 3 aromatic rings. The monoisotopic (exact) mass is 445 g/mol. The highest BCUT2D eigenvalue weighted by atomic mass is 35.5. The Kier molecular flexibility index (Phi) is 6.25. The van der Waals surface area contributed by atoms with Gasteiger partial charge < -0.3 is 10.1 Å². The summed E-state index contributed by atoms with van der Waals surface area (Å²) in [6.07, 6.45) is -0.692. The molecule has 4 heterocycles. The number of hydrogen-bond donors (Lipinski definition) is 2. The molecule has 0 atom stereocenters. The fraction of sp³-hybridized carbons (Fsp3) is 0.278. The van der Waals surface area contributed by atoms with Crippen LogP contribution in [0, 0.1) is 0 Å². The van der Waals surface area contributed by atoms with Crippen LogP contribution in [0.2, 0.25) is 5.15 Å². The molecule has 1 aliphatic heterocycles. The number of nitrogens with zero attached hydrogens (tertiary/aromatic N) is 2. The molecule has 0 saturated heterocycles. The number of aromatic nitrogens is 2. The van der Waals surface area contributed by atoms with Crippen molar-refractivity contribution in [2.45, 2.75) is 25.7 Å². The van der Waals surface area contributed by atoms with Crippen LogP contribution >= 0.6 is 22.9 Å². The number of halogens is 4. The minimum Gasteiger partial charge on any atom is -0.475 e. The number of rotatable bonds is 2. The average molecular weight is 446 g/mol. The average Bonchev–Trinajstić information content (AvgIpc) is 3.06. The van der Waals surface area contributed by atoms with Gasteiger partial charge >= 0.3 is 12.1 Å². The number of aliphatic carboxylic acids is 1. The van der Waals surface area contributed by atoms with Gasteiger partial charge in [0.25, 0.3) is 5.56 Å². The van der Waals surface area contributed by atoms with Crippen molar-refractivity contribution in [2.24, 2.45) is 0 Å². The van der Waals surface area contributed by atoms with Gasteiger partial charge in [-0.2, -0.15) is 13.2 Å². The number of aromatic amines is 1. The Morgan fingerprint density at radius 2 is 2.10 bits per heavy atom. The molecule has 0 saturated carbocycles. The Balaban J connectivity index is 0.000000298. The zero-order valence-corrected chi connectivity index (χ0v) is 16.4. The van der Waals surface area contributed by atoms with Crippen LogP contribution < -0.4 is 5.56 Å². The Bertz CT molecular complexity index is 1100. The van der Waals surface area contributed by atoms with Crippen molar-refractivity contribution in [3.8, 4) is 0 Å². The fourth-order valence-corrected chi connectivity index (χ4v) is 4.32. The van der Waals surface area contributed by atoms with E-state index < -0.39 is 12.1 Å². The van der Waals surface area contributed by atoms with Gasteiger partial charge in [0, 0.05) is 42.5 Å². The van der Waals surface area contributed by atoms with Crippen molar-refractivity contribution in [1.82, 2.24) is 14.9 Å². The van der Waals surface area contributed by atoms with Crippen molar-refractivity contribution < 1.29 is 23.1 Å². The van der Waals surface area contributed by atoms with E-state index >= 15 is 0 Å². The number of carbonyl (C=O) groups is 1. The van der Waals surface area contributed by atoms with E-state index in [1.807, 2.05) is 12.1 Å². The first kappa shape index (κ1) is 21.3. The Hall–Kier alpha value is -2.43. The molecule has 0 radical (unpaired) electrons. The zero-order chi connectivity index (χ0) is 21.2. The van der Waals surface area contributed by atoms with Gasteiger partial charge in [-0.1, -0.05) is 11.6 Å². The number of nitrogens with one attached hydrogen (secondary N) is 1. The van der Waals surface area contributed by atoms with Gasteiger partial charge in [0.2, 0.25) is 0 Å². The molecule has 6 nitrogen and oxygen atoms in total. The van der Waals surface area contributed by atoms with E-state index in [4.69, 9.17) is 21.5 Å². The first-order chi connectivity index (χ1) is 13.6. The lowest BCUT2D eigenvalue weighted by Gasteiger charge is -2.27. The first-order valence-corrected chi connectivity index (χ1v) is 9.59. The molecule has 0 aromatic carbocycles. The van der Waals surface area contributed by atoms with Crippen molar-refractivity contribution in [1.29, 1.82) is 0 Å². The maximum Gasteiger partial charge on any atom is 0.490 e. The van der Waals surface area contributed by atoms with Crippen LogP contribution in [0.1, 0.15) is 16.0 Å². The summed E-state index contributed by atoms with van der Waals surface area (Å²) in [5.41, 5.74) is 2.10. The quantitative estimate of drug-likeness (QED) is 0.585. The third kappa shape index (κ3) is 5.14. The molecule has 1 aliphatic rings. The number of pyridine rings is 2. The number of carboxylic acid groups (broad SMARTS) is 1. The lowest BCUT2D eigenvalue weighted by Crippen LogP contribution is -2.34. The second kappa shape index (κ2) is 8.52. The summed E-state index contributed by atoms with van der Waals surface area (Å²) in [7, 11) is 0. The molecule has 11 heteroatoms. The van der Waals surface area contributed by atoms with Gasteiger partial charge in [-0.15, -0.1) is 11.3 Å². The topological polar surface area (TPSA) is 86.3 Å². The molecule has 154 valence electrons. The molecule has 0 bridgehead atoms. The van der Waals surface area contributed by atoms with Crippen molar-refractivity contribution in [3.05, 3.63) is 62.1 Å². The summed E-state index contributed by atoms with van der Waals surface area (Å²) < 4.78 is 32.8. The molecular formula is C18H15ClF3N3O3S. The molecule has 29 heavy (non-hydrogen) atoms. The van der Waals surface area contributed by atoms with Crippen LogP contribution in [0.25, 0.3) is 10.1 Å². The summed E-state index contributed by atoms with van der Waals surface area (Å²) >= 11 is 7.82. The van der Waals surface area contributed by atoms with Crippen molar-refractivity contribution >= 4 is 39.0 Å². The fourth-order valence-electron chi connectivity index (χ4n) is 2.96. The third-order valence-corrected chi connectivity index (χ3v) is 5.84. The van der Waals surface area contributed by atoms with Gasteiger partial charge in [-0.25, -0.2) is 9.78 Å². The highest BCUT2D eigenvalue weighted by Gasteiger charge is 2.38. The standard InChI is InChI=1S/C16H14ClN3OS.C2HF3O2/c17-15-14-11(2-4-18-15)7-12(22-14)8-20-6-3-10-1-5-19-16(21)13(10)9-20;3-2(4,5)1(6)7/h1-2,4-5,7H,3,6,8-9H2,(H,19,21);(H,6,7). The van der Waals surface area contributed by atoms with E-state index in [0.717, 1.165) is 35.2 Å². The van der Waals surface area contributed by atoms with Gasteiger partial charge in [0.1, 0.15) is 5.15 Å². The highest BCUT2D eigenvalue weighted by molar-refractivity contribution is 7.19. The predicted molar refractivity (Wildman–Crippen MR) is 103 cm³/mol. The number of thiophene rings is 1. The lowest BCUT2D eigenvalue weighted by atomic mass is 10.0.